The summed E-state index contributed by atoms with van der Waals surface area (Å²) in [6, 6.07) is 38.8. The smallest absolute Gasteiger partial charge is 0.239 e. The summed E-state index contributed by atoms with van der Waals surface area (Å²) in [5.74, 6) is -3.94. The highest BCUT2D eigenvalue weighted by Gasteiger charge is 2.82. The molecule has 1 saturated heterocycles. The number of anilines is 1. The number of amides is 2. The van der Waals surface area contributed by atoms with Gasteiger partial charge in [-0.2, -0.15) is 0 Å². The Morgan fingerprint density at radius 3 is 1.44 bits per heavy atom. The molecular formula is C42H30NO7-. The Balaban J connectivity index is 1.53. The van der Waals surface area contributed by atoms with Crippen molar-refractivity contribution in [3.8, 4) is 11.5 Å². The molecule has 1 saturated carbocycles. The summed E-state index contributed by atoms with van der Waals surface area (Å²) in [6.45, 7) is 0. The molecule has 0 spiro atoms. The monoisotopic (exact) mass is 660 g/mol. The first-order valence-corrected chi connectivity index (χ1v) is 16.2. The summed E-state index contributed by atoms with van der Waals surface area (Å²) in [6.07, 6.45) is 0. The summed E-state index contributed by atoms with van der Waals surface area (Å²) in [5, 5.41) is 11.9. The highest BCUT2D eigenvalue weighted by Crippen LogP contribution is 2.74. The topological polar surface area (TPSA) is 113 Å². The van der Waals surface area contributed by atoms with Crippen LogP contribution >= 0.6 is 0 Å². The van der Waals surface area contributed by atoms with Crippen LogP contribution in [0.1, 0.15) is 32.6 Å². The van der Waals surface area contributed by atoms with Gasteiger partial charge in [-0.1, -0.05) is 97.1 Å². The lowest BCUT2D eigenvalue weighted by Gasteiger charge is -2.39. The number of hydrogen-bond acceptors (Lipinski definition) is 7. The third-order valence-corrected chi connectivity index (χ3v) is 10.5. The van der Waals surface area contributed by atoms with Crippen LogP contribution in [0.5, 0.6) is 11.5 Å². The molecule has 8 heteroatoms. The first-order valence-electron chi connectivity index (χ1n) is 16.2. The van der Waals surface area contributed by atoms with Gasteiger partial charge in [0.15, 0.2) is 5.78 Å². The maximum Gasteiger partial charge on any atom is 0.239 e. The number of ketones is 1. The molecule has 4 atom stereocenters. The van der Waals surface area contributed by atoms with Gasteiger partial charge in [-0.3, -0.25) is 14.4 Å². The first-order chi connectivity index (χ1) is 24.3. The van der Waals surface area contributed by atoms with Crippen molar-refractivity contribution in [2.45, 2.75) is 10.8 Å². The van der Waals surface area contributed by atoms with Crippen molar-refractivity contribution < 1.29 is 33.8 Å². The summed E-state index contributed by atoms with van der Waals surface area (Å²) >= 11 is 0. The van der Waals surface area contributed by atoms with E-state index in [0.29, 0.717) is 44.9 Å². The number of nitrogens with zero attached hydrogens (tertiary/aromatic N) is 1. The van der Waals surface area contributed by atoms with E-state index >= 15 is 14.4 Å². The van der Waals surface area contributed by atoms with Crippen LogP contribution in [0.15, 0.2) is 133 Å². The number of carboxylic acid groups (broad SMARTS) is 1. The van der Waals surface area contributed by atoms with Gasteiger partial charge in [0.25, 0.3) is 0 Å². The van der Waals surface area contributed by atoms with Crippen molar-refractivity contribution in [1.29, 1.82) is 0 Å². The molecule has 8 rings (SSSR count). The zero-order valence-electron chi connectivity index (χ0n) is 27.2. The van der Waals surface area contributed by atoms with Crippen molar-refractivity contribution in [3.63, 3.8) is 0 Å². The summed E-state index contributed by atoms with van der Waals surface area (Å²) in [7, 11) is 3.15. The predicted octanol–water partition coefficient (Wildman–Crippen LogP) is 5.26. The minimum Gasteiger partial charge on any atom is -0.545 e. The Labute approximate surface area is 288 Å². The standard InChI is InChI=1S/C42H31NO7/c1-49-31-20-16-25(17-21-31)33-34(26-18-22-32(50-2)23-19-26)42(29-13-7-4-8-14-29)36-35(41(33,40(42)48)28-11-5-3-6-12-28)37(44)43(38(36)45)30-15-9-10-27(24-30)39(46)47/h3-24,35-36H,1-2H3,(H,46,47)/p-1/t35-,36+,41-,42+. The van der Waals surface area contributed by atoms with Crippen LogP contribution in [-0.4, -0.2) is 37.8 Å². The third kappa shape index (κ3) is 3.99. The molecule has 50 heavy (non-hydrogen) atoms. The lowest BCUT2D eigenvalue weighted by atomic mass is 9.59. The Hall–Kier alpha value is -6.28. The number of ether oxygens (including phenoxy) is 2. The molecule has 2 amide bonds. The highest BCUT2D eigenvalue weighted by atomic mass is 16.5. The Bertz CT molecular complexity index is 2100. The van der Waals surface area contributed by atoms with E-state index in [0.717, 1.165) is 4.90 Å². The van der Waals surface area contributed by atoms with Crippen LogP contribution < -0.4 is 19.5 Å². The number of hydrogen-bond donors (Lipinski definition) is 0. The molecule has 246 valence electrons. The van der Waals surface area contributed by atoms with Gasteiger partial charge in [0.05, 0.1) is 48.5 Å². The van der Waals surface area contributed by atoms with Crippen molar-refractivity contribution in [3.05, 3.63) is 161 Å². The zero-order valence-corrected chi connectivity index (χ0v) is 27.2. The maximum atomic E-state index is 16.0. The molecular weight excluding hydrogens is 630 g/mol. The second-order valence-electron chi connectivity index (χ2n) is 12.7. The van der Waals surface area contributed by atoms with E-state index in [1.165, 1.54) is 24.3 Å². The van der Waals surface area contributed by atoms with Gasteiger partial charge in [0.2, 0.25) is 11.8 Å². The molecule has 5 aromatic rings. The minimum atomic E-state index is -1.61. The number of carbonyl (C=O) groups is 4. The van der Waals surface area contributed by atoms with E-state index in [9.17, 15) is 9.90 Å². The molecule has 8 nitrogen and oxygen atoms in total. The molecule has 0 N–H and O–H groups in total. The van der Waals surface area contributed by atoms with Crippen molar-refractivity contribution in [2.24, 2.45) is 11.8 Å². The third-order valence-electron chi connectivity index (χ3n) is 10.5. The van der Waals surface area contributed by atoms with Crippen LogP contribution in [0.3, 0.4) is 0 Å². The van der Waals surface area contributed by atoms with Crippen LogP contribution in [0, 0.1) is 11.8 Å². The molecule has 5 aromatic carbocycles. The average Bonchev–Trinajstić information content (AvgIpc) is 3.67. The summed E-state index contributed by atoms with van der Waals surface area (Å²) in [4.78, 5) is 59.2. The lowest BCUT2D eigenvalue weighted by Crippen LogP contribution is -2.45. The second kappa shape index (κ2) is 11.4. The Morgan fingerprint density at radius 1 is 0.600 bits per heavy atom. The molecule has 2 fully saturated rings. The minimum absolute atomic E-state index is 0.103. The lowest BCUT2D eigenvalue weighted by molar-refractivity contribution is -0.255. The van der Waals surface area contributed by atoms with Gasteiger partial charge in [-0.15, -0.1) is 0 Å². The number of carbonyl (C=O) groups excluding carboxylic acids is 4. The van der Waals surface area contributed by atoms with Gasteiger partial charge < -0.3 is 19.4 Å². The second-order valence-corrected chi connectivity index (χ2v) is 12.7. The molecule has 3 aliphatic rings. The van der Waals surface area contributed by atoms with Gasteiger partial charge in [0.1, 0.15) is 11.5 Å². The Morgan fingerprint density at radius 2 is 1.04 bits per heavy atom. The predicted molar refractivity (Wildman–Crippen MR) is 184 cm³/mol. The number of aromatic carboxylic acids is 1. The van der Waals surface area contributed by atoms with Gasteiger partial charge >= 0.3 is 0 Å². The van der Waals surface area contributed by atoms with E-state index in [2.05, 4.69) is 0 Å². The quantitative estimate of drug-likeness (QED) is 0.209. The molecule has 2 aliphatic carbocycles. The van der Waals surface area contributed by atoms with Crippen LogP contribution in [0.4, 0.5) is 5.69 Å². The number of rotatable bonds is 8. The van der Waals surface area contributed by atoms with E-state index in [4.69, 9.17) is 9.47 Å². The summed E-state index contributed by atoms with van der Waals surface area (Å²) in [5.41, 5.74) is 0.508. The van der Waals surface area contributed by atoms with Crippen molar-refractivity contribution in [1.82, 2.24) is 0 Å². The number of methoxy groups -OCH3 is 2. The number of carboxylic acids is 1. The van der Waals surface area contributed by atoms with E-state index < -0.39 is 40.4 Å². The number of imide groups is 1. The molecule has 1 aliphatic heterocycles. The SMILES string of the molecule is COc1ccc(C2=C(c3ccc(OC)cc3)[C@@]3(c4ccccc4)C(=O)[C@]2(c2ccccc2)[C@@H]2C(=O)N(c4cccc(C(=O)[O-])c4)C(=O)[C@@H]23)cc1. The molecule has 2 bridgehead atoms. The highest BCUT2D eigenvalue weighted by molar-refractivity contribution is 6.39. The zero-order chi connectivity index (χ0) is 34.8. The summed E-state index contributed by atoms with van der Waals surface area (Å²) < 4.78 is 11.0. The number of Topliss-reactive ketones (excluding diaryl/α,β-unsaturated/α-hetero) is 1. The number of allylic oxidation sites excluding steroid dienone is 2. The fourth-order valence-electron chi connectivity index (χ4n) is 8.67. The van der Waals surface area contributed by atoms with Crippen LogP contribution in [0.2, 0.25) is 0 Å². The van der Waals surface area contributed by atoms with Gasteiger partial charge in [-0.05, 0) is 75.4 Å². The molecule has 0 aromatic heterocycles. The van der Waals surface area contributed by atoms with E-state index in [-0.39, 0.29) is 17.0 Å². The molecule has 1 heterocycles. The van der Waals surface area contributed by atoms with Crippen LogP contribution in [0.25, 0.3) is 11.1 Å². The maximum absolute atomic E-state index is 16.0. The van der Waals surface area contributed by atoms with E-state index in [1.54, 1.807) is 14.2 Å². The van der Waals surface area contributed by atoms with Gasteiger partial charge in [0, 0.05) is 0 Å². The number of benzene rings is 5. The normalized spacial score (nSPS) is 23.7. The van der Waals surface area contributed by atoms with Gasteiger partial charge in [-0.25, -0.2) is 4.90 Å². The first kappa shape index (κ1) is 31.0. The average molecular weight is 661 g/mol. The van der Waals surface area contributed by atoms with Crippen molar-refractivity contribution >= 4 is 40.4 Å². The Kier molecular flexibility index (Phi) is 7.08. The van der Waals surface area contributed by atoms with Crippen molar-refractivity contribution in [2.75, 3.05) is 19.1 Å². The molecule has 0 radical (unpaired) electrons. The number of fused-ring (bicyclic) bond motifs is 5. The largest absolute Gasteiger partial charge is 0.545 e. The fraction of sp³-hybridized carbons (Fsp3) is 0.143. The fourth-order valence-corrected chi connectivity index (χ4v) is 8.67. The van der Waals surface area contributed by atoms with Crippen LogP contribution in [-0.2, 0) is 25.2 Å². The van der Waals surface area contributed by atoms with E-state index in [1.807, 2.05) is 109 Å². The molecule has 0 unspecified atom stereocenters.